The fourth-order valence-electron chi connectivity index (χ4n) is 1.52. The molecule has 18 heavy (non-hydrogen) atoms. The Morgan fingerprint density at radius 2 is 2.28 bits per heavy atom. The van der Waals surface area contributed by atoms with E-state index in [0.717, 1.165) is 11.3 Å². The van der Waals surface area contributed by atoms with Gasteiger partial charge < -0.3 is 15.6 Å². The molecule has 0 fully saturated rings. The topological polar surface area (TPSA) is 55.5 Å². The lowest BCUT2D eigenvalue weighted by molar-refractivity contribution is 0.0948. The van der Waals surface area contributed by atoms with Crippen LogP contribution >= 0.6 is 0 Å². The first-order chi connectivity index (χ1) is 8.43. The molecule has 2 atom stereocenters. The number of aryl methyl sites for hydroxylation is 1. The largest absolute Gasteiger partial charge is 0.491 e. The van der Waals surface area contributed by atoms with Crippen LogP contribution in [0.1, 0.15) is 25.3 Å². The minimum atomic E-state index is -0.662. The van der Waals surface area contributed by atoms with Crippen molar-refractivity contribution in [3.8, 4) is 18.1 Å². The van der Waals surface area contributed by atoms with Crippen LogP contribution in [-0.2, 0) is 0 Å². The quantitative estimate of drug-likeness (QED) is 0.754. The first kappa shape index (κ1) is 14.6. The van der Waals surface area contributed by atoms with E-state index in [0.29, 0.717) is 12.8 Å². The number of aliphatic hydroxyl groups excluding tert-OH is 1. The van der Waals surface area contributed by atoms with E-state index >= 15 is 0 Å². The van der Waals surface area contributed by atoms with Gasteiger partial charge in [-0.3, -0.25) is 0 Å². The van der Waals surface area contributed by atoms with Crippen LogP contribution in [0.25, 0.3) is 0 Å². The summed E-state index contributed by atoms with van der Waals surface area (Å²) in [5.41, 5.74) is 6.27. The Balaban J connectivity index is 2.34. The maximum atomic E-state index is 9.79. The molecular formula is C15H21NO2. The van der Waals surface area contributed by atoms with E-state index in [-0.39, 0.29) is 6.61 Å². The van der Waals surface area contributed by atoms with Crippen LogP contribution in [0, 0.1) is 19.3 Å². The van der Waals surface area contributed by atoms with Gasteiger partial charge in [0, 0.05) is 0 Å². The van der Waals surface area contributed by atoms with Gasteiger partial charge in [-0.15, -0.1) is 6.42 Å². The Bertz CT molecular complexity index is 421. The Labute approximate surface area is 109 Å². The van der Waals surface area contributed by atoms with Crippen molar-refractivity contribution in [1.29, 1.82) is 0 Å². The summed E-state index contributed by atoms with van der Waals surface area (Å²) >= 11 is 0. The van der Waals surface area contributed by atoms with Gasteiger partial charge in [-0.2, -0.15) is 0 Å². The summed E-state index contributed by atoms with van der Waals surface area (Å²) in [6, 6.07) is 7.72. The molecule has 0 aliphatic carbocycles. The summed E-state index contributed by atoms with van der Waals surface area (Å²) in [6.45, 7) is 4.03. The van der Waals surface area contributed by atoms with Crippen molar-refractivity contribution < 1.29 is 9.84 Å². The van der Waals surface area contributed by atoms with E-state index in [1.807, 2.05) is 31.2 Å². The van der Waals surface area contributed by atoms with Crippen LogP contribution in [0.4, 0.5) is 0 Å². The lowest BCUT2D eigenvalue weighted by Gasteiger charge is -2.19. The third kappa shape index (κ3) is 5.22. The van der Waals surface area contributed by atoms with Gasteiger partial charge in [-0.1, -0.05) is 18.1 Å². The van der Waals surface area contributed by atoms with Gasteiger partial charge >= 0.3 is 0 Å². The lowest BCUT2D eigenvalue weighted by atomic mass is 9.96. The first-order valence-electron chi connectivity index (χ1n) is 6.07. The van der Waals surface area contributed by atoms with Crippen LogP contribution in [0.3, 0.4) is 0 Å². The molecular weight excluding hydrogens is 226 g/mol. The zero-order valence-corrected chi connectivity index (χ0v) is 11.0. The third-order valence-electron chi connectivity index (χ3n) is 2.76. The zero-order valence-electron chi connectivity index (χ0n) is 11.0. The van der Waals surface area contributed by atoms with E-state index in [1.54, 1.807) is 6.92 Å². The van der Waals surface area contributed by atoms with Crippen molar-refractivity contribution in [3.05, 3.63) is 29.8 Å². The van der Waals surface area contributed by atoms with E-state index in [4.69, 9.17) is 16.9 Å². The second kappa shape index (κ2) is 6.44. The minimum Gasteiger partial charge on any atom is -0.491 e. The standard InChI is InChI=1S/C15H21NO2/c1-4-15(3,16)9-8-13(17)11-18-14-7-5-6-12(2)10-14/h1,5-7,10,13,17H,8-9,11,16H2,2-3H3/t13-,15?/m0/s1. The van der Waals surface area contributed by atoms with Gasteiger partial charge in [0.2, 0.25) is 0 Å². The van der Waals surface area contributed by atoms with Gasteiger partial charge in [0.25, 0.3) is 0 Å². The number of aliphatic hydroxyl groups is 1. The molecule has 1 unspecified atom stereocenters. The van der Waals surface area contributed by atoms with Gasteiger partial charge in [0.1, 0.15) is 12.4 Å². The molecule has 98 valence electrons. The Kier molecular flexibility index (Phi) is 5.21. The van der Waals surface area contributed by atoms with Crippen LogP contribution < -0.4 is 10.5 Å². The lowest BCUT2D eigenvalue weighted by Crippen LogP contribution is -2.35. The van der Waals surface area contributed by atoms with Crippen LogP contribution in [0.5, 0.6) is 5.75 Å². The maximum absolute atomic E-state index is 9.79. The summed E-state index contributed by atoms with van der Waals surface area (Å²) in [5, 5.41) is 9.79. The normalized spacial score (nSPS) is 15.5. The molecule has 0 heterocycles. The molecule has 0 aromatic heterocycles. The molecule has 1 rings (SSSR count). The highest BCUT2D eigenvalue weighted by molar-refractivity contribution is 5.27. The van der Waals surface area contributed by atoms with Gasteiger partial charge in [-0.25, -0.2) is 0 Å². The zero-order chi connectivity index (χ0) is 13.6. The Hall–Kier alpha value is -1.50. The van der Waals surface area contributed by atoms with Crippen molar-refractivity contribution in [3.63, 3.8) is 0 Å². The summed E-state index contributed by atoms with van der Waals surface area (Å²) in [4.78, 5) is 0. The average Bonchev–Trinajstić information content (AvgIpc) is 2.34. The number of hydrogen-bond acceptors (Lipinski definition) is 3. The number of terminal acetylenes is 1. The summed E-state index contributed by atoms with van der Waals surface area (Å²) in [5.74, 6) is 3.27. The fraction of sp³-hybridized carbons (Fsp3) is 0.467. The number of hydrogen-bond donors (Lipinski definition) is 2. The highest BCUT2D eigenvalue weighted by Gasteiger charge is 2.17. The van der Waals surface area contributed by atoms with Crippen LogP contribution in [0.15, 0.2) is 24.3 Å². The van der Waals surface area contributed by atoms with Crippen LogP contribution in [-0.4, -0.2) is 23.4 Å². The van der Waals surface area contributed by atoms with Crippen molar-refractivity contribution in [2.75, 3.05) is 6.61 Å². The second-order valence-corrected chi connectivity index (χ2v) is 4.88. The molecule has 0 amide bonds. The molecule has 1 aromatic carbocycles. The molecule has 0 radical (unpaired) electrons. The van der Waals surface area contributed by atoms with E-state index < -0.39 is 11.6 Å². The van der Waals surface area contributed by atoms with Gasteiger partial charge in [-0.05, 0) is 44.4 Å². The second-order valence-electron chi connectivity index (χ2n) is 4.88. The van der Waals surface area contributed by atoms with Crippen molar-refractivity contribution in [2.45, 2.75) is 38.3 Å². The molecule has 0 saturated carbocycles. The molecule has 1 aromatic rings. The molecule has 3 nitrogen and oxygen atoms in total. The van der Waals surface area contributed by atoms with E-state index in [1.165, 1.54) is 0 Å². The number of benzene rings is 1. The van der Waals surface area contributed by atoms with Gasteiger partial charge in [0.05, 0.1) is 11.6 Å². The van der Waals surface area contributed by atoms with E-state index in [9.17, 15) is 5.11 Å². The number of ether oxygens (including phenoxy) is 1. The highest BCUT2D eigenvalue weighted by Crippen LogP contribution is 2.14. The number of nitrogens with two attached hydrogens (primary N) is 1. The monoisotopic (exact) mass is 247 g/mol. The molecule has 0 aliphatic rings. The van der Waals surface area contributed by atoms with E-state index in [2.05, 4.69) is 5.92 Å². The maximum Gasteiger partial charge on any atom is 0.119 e. The smallest absolute Gasteiger partial charge is 0.119 e. The molecule has 3 heteroatoms. The number of rotatable bonds is 6. The third-order valence-corrected chi connectivity index (χ3v) is 2.76. The molecule has 0 spiro atoms. The predicted octanol–water partition coefficient (Wildman–Crippen LogP) is 1.87. The summed E-state index contributed by atoms with van der Waals surface area (Å²) in [6.07, 6.45) is 5.83. The molecule has 0 aliphatic heterocycles. The highest BCUT2D eigenvalue weighted by atomic mass is 16.5. The predicted molar refractivity (Wildman–Crippen MR) is 73.3 cm³/mol. The van der Waals surface area contributed by atoms with Crippen molar-refractivity contribution in [1.82, 2.24) is 0 Å². The molecule has 0 bridgehead atoms. The first-order valence-corrected chi connectivity index (χ1v) is 6.07. The Morgan fingerprint density at radius 3 is 2.89 bits per heavy atom. The summed E-state index contributed by atoms with van der Waals surface area (Å²) in [7, 11) is 0. The molecule has 0 saturated heterocycles. The van der Waals surface area contributed by atoms with Crippen molar-refractivity contribution >= 4 is 0 Å². The van der Waals surface area contributed by atoms with Crippen molar-refractivity contribution in [2.24, 2.45) is 5.73 Å². The summed E-state index contributed by atoms with van der Waals surface area (Å²) < 4.78 is 5.50. The van der Waals surface area contributed by atoms with Gasteiger partial charge in [0.15, 0.2) is 0 Å². The van der Waals surface area contributed by atoms with Crippen LogP contribution in [0.2, 0.25) is 0 Å². The molecule has 3 N–H and O–H groups in total. The SMILES string of the molecule is C#CC(C)(N)CC[C@H](O)COc1cccc(C)c1. The Morgan fingerprint density at radius 1 is 1.56 bits per heavy atom. The minimum absolute atomic E-state index is 0.254. The fourth-order valence-corrected chi connectivity index (χ4v) is 1.52. The average molecular weight is 247 g/mol.